The summed E-state index contributed by atoms with van der Waals surface area (Å²) in [6, 6.07) is 5.14. The number of hydrogen-bond acceptors (Lipinski definition) is 4. The first-order valence-electron chi connectivity index (χ1n) is 6.58. The van der Waals surface area contributed by atoms with Gasteiger partial charge in [0, 0.05) is 19.1 Å². The number of rotatable bonds is 4. The Morgan fingerprint density at radius 2 is 2.10 bits per heavy atom. The van der Waals surface area contributed by atoms with E-state index >= 15 is 0 Å². The quantitative estimate of drug-likeness (QED) is 0.793. The fraction of sp³-hybridized carbons (Fsp3) is 0.467. The summed E-state index contributed by atoms with van der Waals surface area (Å²) in [5, 5.41) is 0. The van der Waals surface area contributed by atoms with E-state index < -0.39 is 5.60 Å². The zero-order chi connectivity index (χ0) is 14.9. The Hall–Kier alpha value is -1.88. The lowest BCUT2D eigenvalue weighted by atomic mass is 10.0. The molecule has 0 spiro atoms. The summed E-state index contributed by atoms with van der Waals surface area (Å²) in [4.78, 5) is 25.7. The molecule has 1 amide bonds. The number of benzene rings is 1. The van der Waals surface area contributed by atoms with E-state index in [2.05, 4.69) is 0 Å². The molecule has 0 unspecified atom stereocenters. The molecule has 0 radical (unpaired) electrons. The second-order valence-corrected chi connectivity index (χ2v) is 5.22. The highest BCUT2D eigenvalue weighted by atomic mass is 16.5. The van der Waals surface area contributed by atoms with Gasteiger partial charge in [0.2, 0.25) is 0 Å². The zero-order valence-electron chi connectivity index (χ0n) is 12.2. The van der Waals surface area contributed by atoms with Gasteiger partial charge in [0.05, 0.1) is 5.69 Å². The van der Waals surface area contributed by atoms with Crippen molar-refractivity contribution in [2.24, 2.45) is 0 Å². The molecule has 1 aliphatic heterocycles. The number of fused-ring (bicyclic) bond motifs is 1. The summed E-state index contributed by atoms with van der Waals surface area (Å²) in [5.74, 6) is 0.426. The van der Waals surface area contributed by atoms with Crippen LogP contribution in [0, 0.1) is 0 Å². The van der Waals surface area contributed by atoms with Crippen molar-refractivity contribution in [3.05, 3.63) is 23.8 Å². The third kappa shape index (κ3) is 2.41. The van der Waals surface area contributed by atoms with Crippen LogP contribution in [0.15, 0.2) is 18.2 Å². The number of carbonyl (C=O) groups is 2. The summed E-state index contributed by atoms with van der Waals surface area (Å²) in [6.45, 7) is 5.36. The zero-order valence-corrected chi connectivity index (χ0v) is 12.2. The Morgan fingerprint density at radius 3 is 2.70 bits per heavy atom. The fourth-order valence-corrected chi connectivity index (χ4v) is 2.20. The number of anilines is 1. The first kappa shape index (κ1) is 14.5. The third-order valence-corrected chi connectivity index (χ3v) is 3.28. The maximum absolute atomic E-state index is 12.4. The van der Waals surface area contributed by atoms with Crippen molar-refractivity contribution in [2.75, 3.05) is 18.7 Å². The van der Waals surface area contributed by atoms with Gasteiger partial charge in [-0.15, -0.1) is 0 Å². The van der Waals surface area contributed by atoms with Crippen LogP contribution in [0.4, 0.5) is 5.69 Å². The SMILES string of the molecule is CCC(=O)c1ccc2c(c1)N(COC)C(=O)C(C)(C)O2. The first-order valence-corrected chi connectivity index (χ1v) is 6.58. The number of ether oxygens (including phenoxy) is 2. The third-order valence-electron chi connectivity index (χ3n) is 3.28. The van der Waals surface area contributed by atoms with Gasteiger partial charge in [-0.3, -0.25) is 14.5 Å². The van der Waals surface area contributed by atoms with E-state index in [1.807, 2.05) is 0 Å². The molecule has 2 rings (SSSR count). The topological polar surface area (TPSA) is 55.8 Å². The van der Waals surface area contributed by atoms with Crippen LogP contribution in [0.2, 0.25) is 0 Å². The molecule has 1 aliphatic rings. The van der Waals surface area contributed by atoms with E-state index in [0.29, 0.717) is 23.4 Å². The Kier molecular flexibility index (Phi) is 3.81. The Labute approximate surface area is 118 Å². The molecule has 20 heavy (non-hydrogen) atoms. The number of nitrogens with zero attached hydrogens (tertiary/aromatic N) is 1. The molecule has 1 aromatic rings. The molecule has 0 aromatic heterocycles. The minimum atomic E-state index is -0.943. The van der Waals surface area contributed by atoms with E-state index in [4.69, 9.17) is 9.47 Å². The van der Waals surface area contributed by atoms with Gasteiger partial charge in [-0.2, -0.15) is 0 Å². The number of carbonyl (C=O) groups excluding carboxylic acids is 2. The lowest BCUT2D eigenvalue weighted by Gasteiger charge is -2.38. The molecule has 0 saturated heterocycles. The predicted molar refractivity (Wildman–Crippen MR) is 75.1 cm³/mol. The van der Waals surface area contributed by atoms with E-state index in [-0.39, 0.29) is 18.4 Å². The Balaban J connectivity index is 2.50. The summed E-state index contributed by atoms with van der Waals surface area (Å²) in [5.41, 5.74) is 0.209. The standard InChI is InChI=1S/C15H19NO4/c1-5-12(17)10-6-7-13-11(8-10)16(9-19-4)14(18)15(2,3)20-13/h6-8H,5,9H2,1-4H3. The number of methoxy groups -OCH3 is 1. The van der Waals surface area contributed by atoms with E-state index in [1.165, 1.54) is 12.0 Å². The van der Waals surface area contributed by atoms with Gasteiger partial charge in [0.25, 0.3) is 5.91 Å². The van der Waals surface area contributed by atoms with Crippen LogP contribution >= 0.6 is 0 Å². The number of amides is 1. The van der Waals surface area contributed by atoms with Gasteiger partial charge in [-0.1, -0.05) is 6.92 Å². The van der Waals surface area contributed by atoms with Gasteiger partial charge >= 0.3 is 0 Å². The predicted octanol–water partition coefficient (Wildman–Crippen LogP) is 2.39. The molecule has 0 saturated carbocycles. The first-order chi connectivity index (χ1) is 9.40. The van der Waals surface area contributed by atoms with Gasteiger partial charge < -0.3 is 9.47 Å². The van der Waals surface area contributed by atoms with E-state index in [0.717, 1.165) is 0 Å². The summed E-state index contributed by atoms with van der Waals surface area (Å²) in [6.07, 6.45) is 0.420. The lowest BCUT2D eigenvalue weighted by molar-refractivity contribution is -0.133. The summed E-state index contributed by atoms with van der Waals surface area (Å²) >= 11 is 0. The maximum Gasteiger partial charge on any atom is 0.272 e. The highest BCUT2D eigenvalue weighted by Crippen LogP contribution is 2.38. The normalized spacial score (nSPS) is 16.6. The fourth-order valence-electron chi connectivity index (χ4n) is 2.20. The molecule has 0 fully saturated rings. The molecule has 0 aliphatic carbocycles. The molecular weight excluding hydrogens is 258 g/mol. The van der Waals surface area contributed by atoms with Crippen LogP contribution in [-0.4, -0.2) is 31.1 Å². The number of Topliss-reactive ketones (excluding diaryl/α,β-unsaturated/α-hetero) is 1. The van der Waals surface area contributed by atoms with Crippen molar-refractivity contribution in [3.63, 3.8) is 0 Å². The molecule has 1 aromatic carbocycles. The van der Waals surface area contributed by atoms with Gasteiger partial charge in [-0.05, 0) is 32.0 Å². The maximum atomic E-state index is 12.4. The van der Waals surface area contributed by atoms with Crippen LogP contribution in [0.25, 0.3) is 0 Å². The average Bonchev–Trinajstić information content (AvgIpc) is 2.42. The second kappa shape index (κ2) is 5.25. The molecule has 0 N–H and O–H groups in total. The van der Waals surface area contributed by atoms with Crippen LogP contribution in [0.1, 0.15) is 37.6 Å². The molecule has 0 bridgehead atoms. The van der Waals surface area contributed by atoms with Gasteiger partial charge in [0.15, 0.2) is 11.4 Å². The van der Waals surface area contributed by atoms with Crippen molar-refractivity contribution in [2.45, 2.75) is 32.8 Å². The molecular formula is C15H19NO4. The minimum Gasteiger partial charge on any atom is -0.476 e. The van der Waals surface area contributed by atoms with Crippen molar-refractivity contribution in [3.8, 4) is 5.75 Å². The largest absolute Gasteiger partial charge is 0.476 e. The summed E-state index contributed by atoms with van der Waals surface area (Å²) < 4.78 is 10.8. The van der Waals surface area contributed by atoms with Crippen molar-refractivity contribution in [1.29, 1.82) is 0 Å². The molecule has 1 heterocycles. The van der Waals surface area contributed by atoms with Crippen LogP contribution in [-0.2, 0) is 9.53 Å². The highest BCUT2D eigenvalue weighted by molar-refractivity contribution is 6.04. The summed E-state index contributed by atoms with van der Waals surface area (Å²) in [7, 11) is 1.52. The minimum absolute atomic E-state index is 0.0300. The number of hydrogen-bond donors (Lipinski definition) is 0. The average molecular weight is 277 g/mol. The smallest absolute Gasteiger partial charge is 0.272 e. The van der Waals surface area contributed by atoms with Crippen LogP contribution in [0.5, 0.6) is 5.75 Å². The van der Waals surface area contributed by atoms with Gasteiger partial charge in [-0.25, -0.2) is 0 Å². The Morgan fingerprint density at radius 1 is 1.40 bits per heavy atom. The molecule has 0 atom stereocenters. The monoisotopic (exact) mass is 277 g/mol. The Bertz CT molecular complexity index is 551. The van der Waals surface area contributed by atoms with Crippen molar-refractivity contribution >= 4 is 17.4 Å². The van der Waals surface area contributed by atoms with E-state index in [1.54, 1.807) is 39.0 Å². The molecule has 5 heteroatoms. The van der Waals surface area contributed by atoms with Crippen LogP contribution < -0.4 is 9.64 Å². The van der Waals surface area contributed by atoms with E-state index in [9.17, 15) is 9.59 Å². The van der Waals surface area contributed by atoms with Crippen molar-refractivity contribution < 1.29 is 19.1 Å². The van der Waals surface area contributed by atoms with Gasteiger partial charge in [0.1, 0.15) is 12.5 Å². The second-order valence-electron chi connectivity index (χ2n) is 5.22. The van der Waals surface area contributed by atoms with Crippen molar-refractivity contribution in [1.82, 2.24) is 0 Å². The molecule has 5 nitrogen and oxygen atoms in total. The lowest BCUT2D eigenvalue weighted by Crippen LogP contribution is -2.53. The number of ketones is 1. The van der Waals surface area contributed by atoms with Crippen LogP contribution in [0.3, 0.4) is 0 Å². The molecule has 108 valence electrons. The highest BCUT2D eigenvalue weighted by Gasteiger charge is 2.41.